The summed E-state index contributed by atoms with van der Waals surface area (Å²) in [5, 5.41) is 11.4. The number of alkyl halides is 3. The zero-order valence-corrected chi connectivity index (χ0v) is 10.1. The van der Waals surface area contributed by atoms with Gasteiger partial charge in [0.05, 0.1) is 17.3 Å². The Bertz CT molecular complexity index is 436. The van der Waals surface area contributed by atoms with Crippen molar-refractivity contribution in [2.45, 2.75) is 19.1 Å². The molecule has 0 heterocycles. The number of amides is 1. The molecule has 4 N–H and O–H groups in total. The van der Waals surface area contributed by atoms with Crippen molar-refractivity contribution in [2.24, 2.45) is 5.73 Å². The molecule has 1 aromatic rings. The van der Waals surface area contributed by atoms with Gasteiger partial charge < -0.3 is 16.2 Å². The number of nitrogens with one attached hydrogen (secondary N) is 1. The summed E-state index contributed by atoms with van der Waals surface area (Å²) in [5.74, 6) is -1.13. The Balaban J connectivity index is 0.00000289. The molecule has 0 aliphatic rings. The number of benzene rings is 1. The van der Waals surface area contributed by atoms with Crippen LogP contribution in [0.25, 0.3) is 0 Å². The van der Waals surface area contributed by atoms with Gasteiger partial charge >= 0.3 is 6.18 Å². The largest absolute Gasteiger partial charge is 0.506 e. The Labute approximate surface area is 107 Å². The van der Waals surface area contributed by atoms with Crippen molar-refractivity contribution in [3.63, 3.8) is 0 Å². The lowest BCUT2D eigenvalue weighted by molar-refractivity contribution is -0.137. The minimum Gasteiger partial charge on any atom is -0.506 e. The summed E-state index contributed by atoms with van der Waals surface area (Å²) < 4.78 is 37.1. The third-order valence-electron chi connectivity index (χ3n) is 2.00. The normalized spacial score (nSPS) is 12.5. The zero-order chi connectivity index (χ0) is 13.2. The van der Waals surface area contributed by atoms with Crippen LogP contribution in [0.15, 0.2) is 18.2 Å². The van der Waals surface area contributed by atoms with Crippen LogP contribution in [-0.2, 0) is 11.0 Å². The first-order chi connectivity index (χ1) is 7.71. The Morgan fingerprint density at radius 1 is 1.44 bits per heavy atom. The lowest BCUT2D eigenvalue weighted by Gasteiger charge is -2.12. The molecule has 1 amide bonds. The number of anilines is 1. The SMILES string of the molecule is C[C@@H](N)C(=O)Nc1cc(C(F)(F)F)ccc1O.Cl. The molecule has 0 saturated carbocycles. The van der Waals surface area contributed by atoms with Crippen molar-refractivity contribution in [1.29, 1.82) is 0 Å². The topological polar surface area (TPSA) is 75.4 Å². The fourth-order valence-corrected chi connectivity index (χ4v) is 1.06. The van der Waals surface area contributed by atoms with E-state index in [-0.39, 0.29) is 18.1 Å². The molecule has 0 aromatic heterocycles. The van der Waals surface area contributed by atoms with Gasteiger partial charge in [0, 0.05) is 0 Å². The van der Waals surface area contributed by atoms with Crippen molar-refractivity contribution in [3.8, 4) is 5.75 Å². The van der Waals surface area contributed by atoms with Gasteiger partial charge in [-0.05, 0) is 25.1 Å². The number of phenols is 1. The number of hydrogen-bond donors (Lipinski definition) is 3. The summed E-state index contributed by atoms with van der Waals surface area (Å²) in [6.07, 6.45) is -4.54. The number of hydrogen-bond acceptors (Lipinski definition) is 3. The van der Waals surface area contributed by atoms with Crippen LogP contribution in [-0.4, -0.2) is 17.1 Å². The van der Waals surface area contributed by atoms with E-state index in [1.807, 2.05) is 0 Å². The molecule has 18 heavy (non-hydrogen) atoms. The molecular weight excluding hydrogens is 273 g/mol. The fraction of sp³-hybridized carbons (Fsp3) is 0.300. The van der Waals surface area contributed by atoms with Gasteiger partial charge in [-0.1, -0.05) is 0 Å². The van der Waals surface area contributed by atoms with Gasteiger partial charge in [-0.15, -0.1) is 12.4 Å². The fourth-order valence-electron chi connectivity index (χ4n) is 1.06. The van der Waals surface area contributed by atoms with E-state index in [0.717, 1.165) is 12.1 Å². The number of nitrogens with two attached hydrogens (primary N) is 1. The van der Waals surface area contributed by atoms with E-state index >= 15 is 0 Å². The maximum absolute atomic E-state index is 12.4. The molecule has 0 fully saturated rings. The predicted octanol–water partition coefficient (Wildman–Crippen LogP) is 2.12. The van der Waals surface area contributed by atoms with Gasteiger partial charge in [0.15, 0.2) is 0 Å². The van der Waals surface area contributed by atoms with E-state index in [1.165, 1.54) is 6.92 Å². The molecule has 0 spiro atoms. The highest BCUT2D eigenvalue weighted by Gasteiger charge is 2.31. The molecule has 0 aliphatic heterocycles. The summed E-state index contributed by atoms with van der Waals surface area (Å²) in [6, 6.07) is 1.34. The first-order valence-corrected chi connectivity index (χ1v) is 4.68. The molecule has 0 aliphatic carbocycles. The average Bonchev–Trinajstić information content (AvgIpc) is 2.19. The molecule has 0 radical (unpaired) electrons. The maximum atomic E-state index is 12.4. The van der Waals surface area contributed by atoms with Crippen molar-refractivity contribution in [3.05, 3.63) is 23.8 Å². The van der Waals surface area contributed by atoms with Crippen LogP contribution in [0.3, 0.4) is 0 Å². The molecule has 0 saturated heterocycles. The molecule has 4 nitrogen and oxygen atoms in total. The monoisotopic (exact) mass is 284 g/mol. The van der Waals surface area contributed by atoms with Gasteiger partial charge in [0.25, 0.3) is 0 Å². The van der Waals surface area contributed by atoms with Crippen LogP contribution in [0.1, 0.15) is 12.5 Å². The molecule has 1 rings (SSSR count). The van der Waals surface area contributed by atoms with Crippen molar-refractivity contribution in [1.82, 2.24) is 0 Å². The number of rotatable bonds is 2. The standard InChI is InChI=1S/C10H11F3N2O2.ClH/c1-5(14)9(17)15-7-4-6(10(11,12)13)2-3-8(7)16;/h2-5,16H,14H2,1H3,(H,15,17);1H/t5-;/m1./s1. The van der Waals surface area contributed by atoms with Crippen molar-refractivity contribution in [2.75, 3.05) is 5.32 Å². The Morgan fingerprint density at radius 3 is 2.44 bits per heavy atom. The third kappa shape index (κ3) is 4.08. The summed E-state index contributed by atoms with van der Waals surface area (Å²) in [7, 11) is 0. The van der Waals surface area contributed by atoms with E-state index in [2.05, 4.69) is 5.32 Å². The summed E-state index contributed by atoms with van der Waals surface area (Å²) in [4.78, 5) is 11.2. The van der Waals surface area contributed by atoms with E-state index in [1.54, 1.807) is 0 Å². The predicted molar refractivity (Wildman–Crippen MR) is 62.6 cm³/mol. The molecule has 8 heteroatoms. The Hall–Kier alpha value is -1.47. The molecule has 1 atom stereocenters. The van der Waals surface area contributed by atoms with Crippen molar-refractivity contribution >= 4 is 24.0 Å². The highest BCUT2D eigenvalue weighted by atomic mass is 35.5. The van der Waals surface area contributed by atoms with E-state index in [4.69, 9.17) is 5.73 Å². The van der Waals surface area contributed by atoms with Crippen LogP contribution in [0.5, 0.6) is 5.75 Å². The first-order valence-electron chi connectivity index (χ1n) is 4.68. The van der Waals surface area contributed by atoms with Gasteiger partial charge in [0.1, 0.15) is 5.75 Å². The molecule has 0 bridgehead atoms. The molecular formula is C10H12ClF3N2O2. The molecule has 1 aromatic carbocycles. The first kappa shape index (κ1) is 16.5. The lowest BCUT2D eigenvalue weighted by Crippen LogP contribution is -2.32. The van der Waals surface area contributed by atoms with Crippen LogP contribution < -0.4 is 11.1 Å². The number of carbonyl (C=O) groups excluding carboxylic acids is 1. The smallest absolute Gasteiger partial charge is 0.416 e. The Morgan fingerprint density at radius 2 is 2.00 bits per heavy atom. The number of aromatic hydroxyl groups is 1. The quantitative estimate of drug-likeness (QED) is 0.728. The number of phenolic OH excluding ortho intramolecular Hbond substituents is 1. The number of carbonyl (C=O) groups is 1. The molecule has 102 valence electrons. The van der Waals surface area contributed by atoms with Gasteiger partial charge in [-0.25, -0.2) is 0 Å². The average molecular weight is 285 g/mol. The highest BCUT2D eigenvalue weighted by Crippen LogP contribution is 2.34. The van der Waals surface area contributed by atoms with Crippen LogP contribution in [0, 0.1) is 0 Å². The highest BCUT2D eigenvalue weighted by molar-refractivity contribution is 5.95. The van der Waals surface area contributed by atoms with Gasteiger partial charge in [-0.3, -0.25) is 4.79 Å². The van der Waals surface area contributed by atoms with Gasteiger partial charge in [-0.2, -0.15) is 13.2 Å². The van der Waals surface area contributed by atoms with Crippen LogP contribution in [0.4, 0.5) is 18.9 Å². The minimum absolute atomic E-state index is 0. The second-order valence-electron chi connectivity index (χ2n) is 3.51. The number of halogens is 4. The summed E-state index contributed by atoms with van der Waals surface area (Å²) >= 11 is 0. The summed E-state index contributed by atoms with van der Waals surface area (Å²) in [5.41, 5.74) is 3.96. The maximum Gasteiger partial charge on any atom is 0.416 e. The van der Waals surface area contributed by atoms with Crippen LogP contribution >= 0.6 is 12.4 Å². The van der Waals surface area contributed by atoms with Crippen LogP contribution in [0.2, 0.25) is 0 Å². The third-order valence-corrected chi connectivity index (χ3v) is 2.00. The lowest BCUT2D eigenvalue weighted by atomic mass is 10.1. The summed E-state index contributed by atoms with van der Waals surface area (Å²) in [6.45, 7) is 1.37. The van der Waals surface area contributed by atoms with Crippen molar-refractivity contribution < 1.29 is 23.1 Å². The second kappa shape index (κ2) is 5.92. The van der Waals surface area contributed by atoms with E-state index in [0.29, 0.717) is 6.07 Å². The molecule has 0 unspecified atom stereocenters. The van der Waals surface area contributed by atoms with E-state index < -0.39 is 29.4 Å². The second-order valence-corrected chi connectivity index (χ2v) is 3.51. The Kier molecular flexibility index (Phi) is 5.44. The van der Waals surface area contributed by atoms with Gasteiger partial charge in [0.2, 0.25) is 5.91 Å². The minimum atomic E-state index is -4.54. The zero-order valence-electron chi connectivity index (χ0n) is 9.28. The van der Waals surface area contributed by atoms with E-state index in [9.17, 15) is 23.1 Å².